The van der Waals surface area contributed by atoms with Gasteiger partial charge < -0.3 is 4.90 Å². The summed E-state index contributed by atoms with van der Waals surface area (Å²) in [7, 11) is 0. The van der Waals surface area contributed by atoms with Crippen LogP contribution in [0, 0.1) is 17.4 Å². The Hall–Kier alpha value is -0.710. The lowest BCUT2D eigenvalue weighted by molar-refractivity contribution is 0.465. The van der Waals surface area contributed by atoms with E-state index in [9.17, 15) is 0 Å². The van der Waals surface area contributed by atoms with Crippen molar-refractivity contribution in [3.8, 4) is 6.19 Å². The maximum absolute atomic E-state index is 8.36. The maximum Gasteiger partial charge on any atom is 0.179 e. The molecule has 8 heavy (non-hydrogen) atoms. The van der Waals surface area contributed by atoms with Crippen LogP contribution in [-0.4, -0.2) is 18.0 Å². The molecule has 1 heterocycles. The monoisotopic (exact) mass is 110 g/mol. The Bertz CT molecular complexity index is 114. The SMILES string of the molecule is C[C@H]1CCN(C#N)C1. The predicted molar refractivity (Wildman–Crippen MR) is 31.0 cm³/mol. The van der Waals surface area contributed by atoms with Crippen LogP contribution in [0.5, 0.6) is 0 Å². The summed E-state index contributed by atoms with van der Waals surface area (Å²) >= 11 is 0. The zero-order chi connectivity index (χ0) is 5.98. The lowest BCUT2D eigenvalue weighted by Gasteiger charge is -2.02. The van der Waals surface area contributed by atoms with Crippen molar-refractivity contribution in [1.29, 1.82) is 5.26 Å². The van der Waals surface area contributed by atoms with Crippen LogP contribution in [0.4, 0.5) is 0 Å². The smallest absolute Gasteiger partial charge is 0.179 e. The molecule has 0 aromatic carbocycles. The zero-order valence-electron chi connectivity index (χ0n) is 5.09. The van der Waals surface area contributed by atoms with Crippen molar-refractivity contribution < 1.29 is 0 Å². The van der Waals surface area contributed by atoms with E-state index >= 15 is 0 Å². The highest BCUT2D eigenvalue weighted by atomic mass is 15.1. The van der Waals surface area contributed by atoms with E-state index in [2.05, 4.69) is 13.1 Å². The number of rotatable bonds is 0. The Labute approximate surface area is 49.7 Å². The fourth-order valence-electron chi connectivity index (χ4n) is 1.03. The molecule has 0 unspecified atom stereocenters. The summed E-state index contributed by atoms with van der Waals surface area (Å²) in [6, 6.07) is 0. The number of nitrogens with zero attached hydrogens (tertiary/aromatic N) is 2. The topological polar surface area (TPSA) is 27.0 Å². The first kappa shape index (κ1) is 5.43. The largest absolute Gasteiger partial charge is 0.310 e. The predicted octanol–water partition coefficient (Wildman–Crippen LogP) is 0.809. The van der Waals surface area contributed by atoms with Crippen LogP contribution in [0.25, 0.3) is 0 Å². The summed E-state index contributed by atoms with van der Waals surface area (Å²) in [5, 5.41) is 8.36. The van der Waals surface area contributed by atoms with Gasteiger partial charge in [-0.1, -0.05) is 6.92 Å². The number of hydrogen-bond donors (Lipinski definition) is 0. The average Bonchev–Trinajstić information content (AvgIpc) is 2.14. The van der Waals surface area contributed by atoms with Crippen LogP contribution in [0.15, 0.2) is 0 Å². The van der Waals surface area contributed by atoms with Crippen molar-refractivity contribution in [2.75, 3.05) is 13.1 Å². The van der Waals surface area contributed by atoms with Gasteiger partial charge in [0.1, 0.15) is 0 Å². The van der Waals surface area contributed by atoms with Gasteiger partial charge in [0.15, 0.2) is 6.19 Å². The number of nitriles is 1. The van der Waals surface area contributed by atoms with E-state index in [0.717, 1.165) is 19.0 Å². The molecule has 0 aromatic rings. The molecule has 0 N–H and O–H groups in total. The summed E-state index contributed by atoms with van der Waals surface area (Å²) in [6.45, 7) is 4.12. The lowest BCUT2D eigenvalue weighted by Crippen LogP contribution is -2.12. The Morgan fingerprint density at radius 1 is 1.75 bits per heavy atom. The molecule has 1 atom stereocenters. The lowest BCUT2D eigenvalue weighted by atomic mass is 10.2. The highest BCUT2D eigenvalue weighted by molar-refractivity contribution is 4.81. The first-order valence-electron chi connectivity index (χ1n) is 2.97. The fraction of sp³-hybridized carbons (Fsp3) is 0.833. The minimum Gasteiger partial charge on any atom is -0.310 e. The van der Waals surface area contributed by atoms with E-state index in [1.165, 1.54) is 6.42 Å². The molecular formula is C6H10N2. The third-order valence-electron chi connectivity index (χ3n) is 1.57. The van der Waals surface area contributed by atoms with Gasteiger partial charge in [-0.15, -0.1) is 0 Å². The summed E-state index contributed by atoms with van der Waals surface area (Å²) in [5.74, 6) is 0.731. The first-order valence-corrected chi connectivity index (χ1v) is 2.97. The molecule has 1 aliphatic heterocycles. The van der Waals surface area contributed by atoms with Crippen molar-refractivity contribution in [3.05, 3.63) is 0 Å². The van der Waals surface area contributed by atoms with Crippen molar-refractivity contribution in [2.24, 2.45) is 5.92 Å². The van der Waals surface area contributed by atoms with Crippen LogP contribution >= 0.6 is 0 Å². The molecule has 2 nitrogen and oxygen atoms in total. The third kappa shape index (κ3) is 0.919. The van der Waals surface area contributed by atoms with Crippen LogP contribution in [-0.2, 0) is 0 Å². The van der Waals surface area contributed by atoms with Gasteiger partial charge in [-0.2, -0.15) is 5.26 Å². The standard InChI is InChI=1S/C6H10N2/c1-6-2-3-8(4-6)5-7/h6H,2-4H2,1H3/t6-/m0/s1. The van der Waals surface area contributed by atoms with E-state index in [1.54, 1.807) is 0 Å². The maximum atomic E-state index is 8.36. The van der Waals surface area contributed by atoms with Gasteiger partial charge in [-0.3, -0.25) is 0 Å². The third-order valence-corrected chi connectivity index (χ3v) is 1.57. The summed E-state index contributed by atoms with van der Waals surface area (Å²) in [4.78, 5) is 1.81. The molecular weight excluding hydrogens is 100 g/mol. The van der Waals surface area contributed by atoms with Crippen molar-refractivity contribution >= 4 is 0 Å². The van der Waals surface area contributed by atoms with Crippen LogP contribution in [0.3, 0.4) is 0 Å². The van der Waals surface area contributed by atoms with Crippen LogP contribution in [0.1, 0.15) is 13.3 Å². The Kier molecular flexibility index (Phi) is 1.38. The van der Waals surface area contributed by atoms with Gasteiger partial charge >= 0.3 is 0 Å². The van der Waals surface area contributed by atoms with E-state index in [0.29, 0.717) is 0 Å². The second-order valence-electron chi connectivity index (χ2n) is 2.44. The van der Waals surface area contributed by atoms with Gasteiger partial charge in [-0.25, -0.2) is 0 Å². The van der Waals surface area contributed by atoms with Gasteiger partial charge in [-0.05, 0) is 12.3 Å². The molecule has 2 heteroatoms. The molecule has 0 aliphatic carbocycles. The summed E-state index contributed by atoms with van der Waals surface area (Å²) in [6.07, 6.45) is 3.32. The van der Waals surface area contributed by atoms with Crippen molar-refractivity contribution in [3.63, 3.8) is 0 Å². The first-order chi connectivity index (χ1) is 3.83. The molecule has 0 amide bonds. The molecule has 0 saturated carbocycles. The van der Waals surface area contributed by atoms with E-state index in [1.807, 2.05) is 4.90 Å². The van der Waals surface area contributed by atoms with Gasteiger partial charge in [0.25, 0.3) is 0 Å². The Morgan fingerprint density at radius 3 is 2.75 bits per heavy atom. The second-order valence-corrected chi connectivity index (χ2v) is 2.44. The fourth-order valence-corrected chi connectivity index (χ4v) is 1.03. The van der Waals surface area contributed by atoms with Crippen LogP contribution < -0.4 is 0 Å². The number of hydrogen-bond acceptors (Lipinski definition) is 2. The Balaban J connectivity index is 2.35. The zero-order valence-corrected chi connectivity index (χ0v) is 5.09. The summed E-state index contributed by atoms with van der Waals surface area (Å²) < 4.78 is 0. The molecule has 0 aromatic heterocycles. The summed E-state index contributed by atoms with van der Waals surface area (Å²) in [5.41, 5.74) is 0. The minimum atomic E-state index is 0.731. The molecule has 44 valence electrons. The van der Waals surface area contributed by atoms with Gasteiger partial charge in [0, 0.05) is 13.1 Å². The highest BCUT2D eigenvalue weighted by Gasteiger charge is 2.15. The second kappa shape index (κ2) is 2.04. The van der Waals surface area contributed by atoms with E-state index in [-0.39, 0.29) is 0 Å². The molecule has 0 spiro atoms. The molecule has 0 radical (unpaired) electrons. The molecule has 1 fully saturated rings. The quantitative estimate of drug-likeness (QED) is 0.431. The van der Waals surface area contributed by atoms with Gasteiger partial charge in [0.05, 0.1) is 0 Å². The average molecular weight is 110 g/mol. The highest BCUT2D eigenvalue weighted by Crippen LogP contribution is 2.12. The van der Waals surface area contributed by atoms with Crippen molar-refractivity contribution in [2.45, 2.75) is 13.3 Å². The molecule has 1 aliphatic rings. The molecule has 1 saturated heterocycles. The minimum absolute atomic E-state index is 0.731. The molecule has 0 bridgehead atoms. The van der Waals surface area contributed by atoms with Crippen LogP contribution in [0.2, 0.25) is 0 Å². The van der Waals surface area contributed by atoms with Crippen molar-refractivity contribution in [1.82, 2.24) is 4.90 Å². The number of likely N-dealkylation sites (tertiary alicyclic amines) is 1. The van der Waals surface area contributed by atoms with Gasteiger partial charge in [0.2, 0.25) is 0 Å². The van der Waals surface area contributed by atoms with E-state index < -0.39 is 0 Å². The normalized spacial score (nSPS) is 28.0. The Morgan fingerprint density at radius 2 is 2.50 bits per heavy atom. The molecule has 1 rings (SSSR count). The van der Waals surface area contributed by atoms with E-state index in [4.69, 9.17) is 5.26 Å².